The summed E-state index contributed by atoms with van der Waals surface area (Å²) in [4.78, 5) is 0. The summed E-state index contributed by atoms with van der Waals surface area (Å²) in [5.41, 5.74) is 4.36. The van der Waals surface area contributed by atoms with Crippen molar-refractivity contribution >= 4 is 0 Å². The number of hydrogen-bond donors (Lipinski definition) is 0. The van der Waals surface area contributed by atoms with Gasteiger partial charge in [0.25, 0.3) is 0 Å². The smallest absolute Gasteiger partial charge is 0.0305 e. The molecule has 0 heterocycles. The van der Waals surface area contributed by atoms with Gasteiger partial charge in [-0.15, -0.1) is 0 Å². The summed E-state index contributed by atoms with van der Waals surface area (Å²) in [6.45, 7) is 6.59. The highest BCUT2D eigenvalue weighted by atomic mass is 14.0. The molecule has 0 unspecified atom stereocenters. The fourth-order valence-electron chi connectivity index (χ4n) is 1.37. The lowest BCUT2D eigenvalue weighted by atomic mass is 10.0. The molecule has 0 aliphatic rings. The molecule has 0 radical (unpaired) electrons. The molecule has 0 nitrogen and oxygen atoms in total. The van der Waals surface area contributed by atoms with E-state index in [9.17, 15) is 0 Å². The molecule has 0 aliphatic heterocycles. The van der Waals surface area contributed by atoms with E-state index in [0.29, 0.717) is 0 Å². The van der Waals surface area contributed by atoms with Crippen molar-refractivity contribution < 1.29 is 0 Å². The second kappa shape index (κ2) is 3.56. The summed E-state index contributed by atoms with van der Waals surface area (Å²) < 4.78 is 0. The highest BCUT2D eigenvalue weighted by molar-refractivity contribution is 5.30. The third-order valence-electron chi connectivity index (χ3n) is 2.20. The summed E-state index contributed by atoms with van der Waals surface area (Å²) in [5, 5.41) is 0. The zero-order valence-electron chi connectivity index (χ0n) is 7.65. The fraction of sp³-hybridized carbons (Fsp3) is 0.455. The van der Waals surface area contributed by atoms with E-state index in [0.717, 1.165) is 12.8 Å². The van der Waals surface area contributed by atoms with Gasteiger partial charge in [0.1, 0.15) is 0 Å². The van der Waals surface area contributed by atoms with Crippen LogP contribution in [0.4, 0.5) is 0 Å². The van der Waals surface area contributed by atoms with Crippen LogP contribution in [0.5, 0.6) is 0 Å². The quantitative estimate of drug-likeness (QED) is 0.604. The van der Waals surface area contributed by atoms with Crippen molar-refractivity contribution in [3.63, 3.8) is 0 Å². The molecule has 60 valence electrons. The molecule has 0 N–H and O–H groups in total. The Labute approximate surface area is 69.3 Å². The van der Waals surface area contributed by atoms with E-state index in [1.54, 1.807) is 0 Å². The van der Waals surface area contributed by atoms with Gasteiger partial charge in [-0.3, -0.25) is 0 Å². The molecular weight excluding hydrogens is 132 g/mol. The first-order valence-corrected chi connectivity index (χ1v) is 4.36. The molecule has 1 rings (SSSR count). The van der Waals surface area contributed by atoms with Gasteiger partial charge in [-0.25, -0.2) is 0 Å². The maximum absolute atomic E-state index is 2.29. The zero-order valence-corrected chi connectivity index (χ0v) is 7.65. The third-order valence-corrected chi connectivity index (χ3v) is 2.20. The van der Waals surface area contributed by atoms with Crippen LogP contribution >= 0.6 is 0 Å². The lowest BCUT2D eigenvalue weighted by Gasteiger charge is -2.04. The van der Waals surface area contributed by atoms with Crippen LogP contribution in [0.1, 0.15) is 30.5 Å². The van der Waals surface area contributed by atoms with Crippen molar-refractivity contribution in [2.75, 3.05) is 0 Å². The van der Waals surface area contributed by atoms with E-state index < -0.39 is 0 Å². The molecule has 0 atom stereocenters. The summed E-state index contributed by atoms with van der Waals surface area (Å²) in [6.07, 6.45) is 2.29. The van der Waals surface area contributed by atoms with Gasteiger partial charge in [0.15, 0.2) is 0 Å². The largest absolute Gasteiger partial charge is 0.0613 e. The van der Waals surface area contributed by atoms with Crippen LogP contribution in [0.3, 0.4) is 0 Å². The number of benzene rings is 1. The van der Waals surface area contributed by atoms with E-state index in [-0.39, 0.29) is 0 Å². The van der Waals surface area contributed by atoms with E-state index in [1.165, 1.54) is 16.7 Å². The molecule has 0 bridgehead atoms. The van der Waals surface area contributed by atoms with Crippen molar-refractivity contribution in [1.82, 2.24) is 0 Å². The molecule has 0 saturated carbocycles. The Kier molecular flexibility index (Phi) is 2.70. The maximum Gasteiger partial charge on any atom is -0.0305 e. The van der Waals surface area contributed by atoms with E-state index in [2.05, 4.69) is 39.0 Å². The molecule has 1 aromatic rings. The van der Waals surface area contributed by atoms with Gasteiger partial charge in [-0.1, -0.05) is 32.0 Å². The average molecular weight is 148 g/mol. The standard InChI is InChI=1S/C11H16/c1-4-10-6-7-11(5-2)9(3)8-10/h6-8H,4-5H2,1-3H3. The Morgan fingerprint density at radius 3 is 2.27 bits per heavy atom. The van der Waals surface area contributed by atoms with Crippen LogP contribution in [-0.2, 0) is 12.8 Å². The second-order valence-corrected chi connectivity index (χ2v) is 2.97. The van der Waals surface area contributed by atoms with Crippen LogP contribution in [0.15, 0.2) is 18.2 Å². The fourth-order valence-corrected chi connectivity index (χ4v) is 1.37. The Balaban J connectivity index is 2.99. The highest BCUT2D eigenvalue weighted by Gasteiger charge is 1.95. The first-order valence-electron chi connectivity index (χ1n) is 4.36. The maximum atomic E-state index is 2.29. The Hall–Kier alpha value is -0.780. The van der Waals surface area contributed by atoms with Crippen molar-refractivity contribution in [2.24, 2.45) is 0 Å². The lowest BCUT2D eigenvalue weighted by molar-refractivity contribution is 1.07. The topological polar surface area (TPSA) is 0 Å². The van der Waals surface area contributed by atoms with E-state index in [4.69, 9.17) is 0 Å². The van der Waals surface area contributed by atoms with E-state index >= 15 is 0 Å². The van der Waals surface area contributed by atoms with Crippen LogP contribution in [0, 0.1) is 6.92 Å². The average Bonchev–Trinajstić information content (AvgIpc) is 2.04. The van der Waals surface area contributed by atoms with Gasteiger partial charge in [-0.2, -0.15) is 0 Å². The molecule has 0 aliphatic carbocycles. The predicted octanol–water partition coefficient (Wildman–Crippen LogP) is 3.12. The van der Waals surface area contributed by atoms with Gasteiger partial charge >= 0.3 is 0 Å². The zero-order chi connectivity index (χ0) is 8.27. The first-order chi connectivity index (χ1) is 5.27. The SMILES string of the molecule is CCc1ccc(CC)c(C)c1. The second-order valence-electron chi connectivity index (χ2n) is 2.97. The molecule has 0 aromatic heterocycles. The highest BCUT2D eigenvalue weighted by Crippen LogP contribution is 2.11. The van der Waals surface area contributed by atoms with E-state index in [1.807, 2.05) is 0 Å². The van der Waals surface area contributed by atoms with Gasteiger partial charge in [0.05, 0.1) is 0 Å². The van der Waals surface area contributed by atoms with Crippen molar-refractivity contribution in [1.29, 1.82) is 0 Å². The molecule has 0 amide bonds. The van der Waals surface area contributed by atoms with Crippen LogP contribution < -0.4 is 0 Å². The van der Waals surface area contributed by atoms with Crippen LogP contribution in [0.2, 0.25) is 0 Å². The van der Waals surface area contributed by atoms with Gasteiger partial charge in [0, 0.05) is 0 Å². The first kappa shape index (κ1) is 8.32. The number of hydrogen-bond acceptors (Lipinski definition) is 0. The number of aryl methyl sites for hydroxylation is 3. The third kappa shape index (κ3) is 1.83. The molecular formula is C11H16. The summed E-state index contributed by atoms with van der Waals surface area (Å²) in [7, 11) is 0. The van der Waals surface area contributed by atoms with Gasteiger partial charge < -0.3 is 0 Å². The summed E-state index contributed by atoms with van der Waals surface area (Å²) >= 11 is 0. The molecule has 1 aromatic carbocycles. The molecule has 0 spiro atoms. The monoisotopic (exact) mass is 148 g/mol. The van der Waals surface area contributed by atoms with Crippen molar-refractivity contribution in [2.45, 2.75) is 33.6 Å². The van der Waals surface area contributed by atoms with Gasteiger partial charge in [0.2, 0.25) is 0 Å². The Morgan fingerprint density at radius 2 is 1.82 bits per heavy atom. The number of rotatable bonds is 2. The molecule has 0 saturated heterocycles. The lowest BCUT2D eigenvalue weighted by Crippen LogP contribution is -1.88. The summed E-state index contributed by atoms with van der Waals surface area (Å²) in [5.74, 6) is 0. The van der Waals surface area contributed by atoms with Crippen molar-refractivity contribution in [3.8, 4) is 0 Å². The van der Waals surface area contributed by atoms with Gasteiger partial charge in [-0.05, 0) is 36.5 Å². The Morgan fingerprint density at radius 1 is 1.09 bits per heavy atom. The Bertz CT molecular complexity index is 236. The molecule has 0 fully saturated rings. The van der Waals surface area contributed by atoms with Crippen LogP contribution in [0.25, 0.3) is 0 Å². The predicted molar refractivity (Wildman–Crippen MR) is 49.9 cm³/mol. The minimum Gasteiger partial charge on any atom is -0.0613 e. The van der Waals surface area contributed by atoms with Crippen LogP contribution in [-0.4, -0.2) is 0 Å². The molecule has 11 heavy (non-hydrogen) atoms. The minimum absolute atomic E-state index is 1.14. The normalized spacial score (nSPS) is 10.1. The summed E-state index contributed by atoms with van der Waals surface area (Å²) in [6, 6.07) is 6.76. The molecule has 0 heteroatoms. The minimum atomic E-state index is 1.14. The van der Waals surface area contributed by atoms with Crippen molar-refractivity contribution in [3.05, 3.63) is 34.9 Å².